The number of nitrogens with zero attached hydrogens (tertiary/aromatic N) is 5. The van der Waals surface area contributed by atoms with E-state index in [2.05, 4.69) is 35.9 Å². The van der Waals surface area contributed by atoms with Crippen molar-refractivity contribution in [1.29, 1.82) is 0 Å². The molecule has 9 nitrogen and oxygen atoms in total. The molecular formula is C20H23N7O2S. The lowest BCUT2D eigenvalue weighted by atomic mass is 10.1. The summed E-state index contributed by atoms with van der Waals surface area (Å²) in [7, 11) is 1.51. The number of carbonyl (C=O) groups is 1. The van der Waals surface area contributed by atoms with E-state index < -0.39 is 6.10 Å². The summed E-state index contributed by atoms with van der Waals surface area (Å²) in [5, 5.41) is 23.7. The number of rotatable bonds is 7. The van der Waals surface area contributed by atoms with Crippen molar-refractivity contribution in [3.63, 3.8) is 0 Å². The molecule has 0 aliphatic carbocycles. The van der Waals surface area contributed by atoms with Crippen LogP contribution in [0.4, 0.5) is 16.1 Å². The average molecular weight is 426 g/mol. The van der Waals surface area contributed by atoms with E-state index in [1.54, 1.807) is 6.20 Å². The SMILES string of the molecule is CO[C@H](C(=O)Nc1nnc(NC2CCN(c3cccnn3)CC2)s1)c1ccccc1. The first-order valence-electron chi connectivity index (χ1n) is 9.74. The van der Waals surface area contributed by atoms with Gasteiger partial charge in [0.2, 0.25) is 10.3 Å². The summed E-state index contributed by atoms with van der Waals surface area (Å²) in [5.74, 6) is 0.631. The smallest absolute Gasteiger partial charge is 0.259 e. The van der Waals surface area contributed by atoms with Gasteiger partial charge in [-0.1, -0.05) is 41.7 Å². The number of ether oxygens (including phenoxy) is 1. The van der Waals surface area contributed by atoms with Gasteiger partial charge in [-0.3, -0.25) is 10.1 Å². The van der Waals surface area contributed by atoms with Crippen LogP contribution in [-0.4, -0.2) is 52.5 Å². The normalized spacial score (nSPS) is 15.6. The molecule has 1 fully saturated rings. The van der Waals surface area contributed by atoms with Crippen LogP contribution in [0.25, 0.3) is 0 Å². The van der Waals surface area contributed by atoms with Crippen LogP contribution in [0, 0.1) is 0 Å². The van der Waals surface area contributed by atoms with Crippen molar-refractivity contribution in [2.24, 2.45) is 0 Å². The average Bonchev–Trinajstić information content (AvgIpc) is 3.23. The molecule has 2 N–H and O–H groups in total. The van der Waals surface area contributed by atoms with Gasteiger partial charge in [-0.2, -0.15) is 5.10 Å². The molecular weight excluding hydrogens is 402 g/mol. The first-order chi connectivity index (χ1) is 14.7. The predicted molar refractivity (Wildman–Crippen MR) is 116 cm³/mol. The molecule has 3 aromatic rings. The van der Waals surface area contributed by atoms with Gasteiger partial charge in [0, 0.05) is 32.4 Å². The number of hydrogen-bond donors (Lipinski definition) is 2. The largest absolute Gasteiger partial charge is 0.367 e. The maximum Gasteiger partial charge on any atom is 0.259 e. The molecule has 30 heavy (non-hydrogen) atoms. The standard InChI is InChI=1S/C20H23N7O2S/c1-29-17(14-6-3-2-4-7-14)18(28)23-20-26-25-19(30-20)22-15-9-12-27(13-10-15)16-8-5-11-21-24-16/h2-8,11,15,17H,9-10,12-13H2,1H3,(H,22,25)(H,23,26,28)/t17-/m0/s1. The van der Waals surface area contributed by atoms with Gasteiger partial charge in [0.15, 0.2) is 11.9 Å². The number of piperidine rings is 1. The quantitative estimate of drug-likeness (QED) is 0.595. The highest BCUT2D eigenvalue weighted by Crippen LogP contribution is 2.26. The van der Waals surface area contributed by atoms with Crippen molar-refractivity contribution in [3.8, 4) is 0 Å². The van der Waals surface area contributed by atoms with Crippen molar-refractivity contribution < 1.29 is 9.53 Å². The van der Waals surface area contributed by atoms with Gasteiger partial charge in [-0.05, 0) is 30.5 Å². The molecule has 4 rings (SSSR count). The minimum atomic E-state index is -0.697. The van der Waals surface area contributed by atoms with Crippen LogP contribution in [0.3, 0.4) is 0 Å². The van der Waals surface area contributed by atoms with Gasteiger partial charge < -0.3 is 15.0 Å². The maximum absolute atomic E-state index is 12.6. The highest BCUT2D eigenvalue weighted by Gasteiger charge is 2.23. The molecule has 2 aromatic heterocycles. The summed E-state index contributed by atoms with van der Waals surface area (Å²) < 4.78 is 5.36. The first-order valence-corrected chi connectivity index (χ1v) is 10.6. The zero-order chi connectivity index (χ0) is 20.8. The third-order valence-corrected chi connectivity index (χ3v) is 5.71. The van der Waals surface area contributed by atoms with Crippen molar-refractivity contribution >= 4 is 33.3 Å². The Morgan fingerprint density at radius 1 is 1.10 bits per heavy atom. The number of nitrogens with one attached hydrogen (secondary N) is 2. The lowest BCUT2D eigenvalue weighted by Crippen LogP contribution is -2.39. The van der Waals surface area contributed by atoms with Crippen LogP contribution < -0.4 is 15.5 Å². The Morgan fingerprint density at radius 2 is 1.87 bits per heavy atom. The van der Waals surface area contributed by atoms with Crippen molar-refractivity contribution in [2.45, 2.75) is 25.0 Å². The number of aromatic nitrogens is 4. The Labute approximate surface area is 178 Å². The molecule has 1 aromatic carbocycles. The molecule has 1 aliphatic rings. The van der Waals surface area contributed by atoms with Crippen LogP contribution >= 0.6 is 11.3 Å². The zero-order valence-electron chi connectivity index (χ0n) is 16.6. The van der Waals surface area contributed by atoms with E-state index in [0.717, 1.165) is 37.3 Å². The van der Waals surface area contributed by atoms with Crippen molar-refractivity contribution in [2.75, 3.05) is 35.7 Å². The Bertz CT molecular complexity index is 946. The monoisotopic (exact) mass is 425 g/mol. The third kappa shape index (κ3) is 4.89. The number of anilines is 3. The number of hydrogen-bond acceptors (Lipinski definition) is 9. The van der Waals surface area contributed by atoms with Crippen LogP contribution in [0.15, 0.2) is 48.7 Å². The minimum absolute atomic E-state index is 0.274. The minimum Gasteiger partial charge on any atom is -0.367 e. The molecule has 0 bridgehead atoms. The van der Waals surface area contributed by atoms with Crippen LogP contribution in [0.2, 0.25) is 0 Å². The second-order valence-electron chi connectivity index (χ2n) is 6.92. The summed E-state index contributed by atoms with van der Waals surface area (Å²) in [5.41, 5.74) is 0.787. The molecule has 0 radical (unpaired) electrons. The fraction of sp³-hybridized carbons (Fsp3) is 0.350. The highest BCUT2D eigenvalue weighted by atomic mass is 32.1. The van der Waals surface area contributed by atoms with E-state index in [-0.39, 0.29) is 5.91 Å². The van der Waals surface area contributed by atoms with Gasteiger partial charge in [-0.25, -0.2) is 0 Å². The predicted octanol–water partition coefficient (Wildman–Crippen LogP) is 2.74. The fourth-order valence-electron chi connectivity index (χ4n) is 3.41. The molecule has 1 amide bonds. The Hall–Kier alpha value is -3.11. The van der Waals surface area contributed by atoms with Gasteiger partial charge in [0.05, 0.1) is 0 Å². The maximum atomic E-state index is 12.6. The van der Waals surface area contributed by atoms with Gasteiger partial charge >= 0.3 is 0 Å². The number of methoxy groups -OCH3 is 1. The first kappa shape index (κ1) is 20.2. The van der Waals surface area contributed by atoms with Gasteiger partial charge in [0.1, 0.15) is 0 Å². The van der Waals surface area contributed by atoms with Crippen LogP contribution in [0.5, 0.6) is 0 Å². The van der Waals surface area contributed by atoms with E-state index in [9.17, 15) is 4.79 Å². The topological polar surface area (TPSA) is 105 Å². The van der Waals surface area contributed by atoms with E-state index in [1.807, 2.05) is 42.5 Å². The number of amides is 1. The van der Waals surface area contributed by atoms with Crippen LogP contribution in [0.1, 0.15) is 24.5 Å². The molecule has 1 aliphatic heterocycles. The summed E-state index contributed by atoms with van der Waals surface area (Å²) in [6.07, 6.45) is 2.89. The Balaban J connectivity index is 1.30. The van der Waals surface area contributed by atoms with Gasteiger partial charge in [-0.15, -0.1) is 15.3 Å². The van der Waals surface area contributed by atoms with Crippen molar-refractivity contribution in [1.82, 2.24) is 20.4 Å². The van der Waals surface area contributed by atoms with E-state index in [4.69, 9.17) is 4.74 Å². The summed E-state index contributed by atoms with van der Waals surface area (Å²) in [4.78, 5) is 14.8. The lowest BCUT2D eigenvalue weighted by Gasteiger charge is -2.32. The second kappa shape index (κ2) is 9.59. The molecule has 0 saturated carbocycles. The van der Waals surface area contributed by atoms with E-state index in [0.29, 0.717) is 16.3 Å². The third-order valence-electron chi connectivity index (χ3n) is 4.94. The molecule has 1 saturated heterocycles. The Kier molecular flexibility index (Phi) is 6.45. The Morgan fingerprint density at radius 3 is 2.57 bits per heavy atom. The fourth-order valence-corrected chi connectivity index (χ4v) is 4.14. The molecule has 0 unspecified atom stereocenters. The summed E-state index contributed by atoms with van der Waals surface area (Å²) in [6, 6.07) is 13.5. The number of benzene rings is 1. The number of carbonyl (C=O) groups excluding carboxylic acids is 1. The molecule has 156 valence electrons. The molecule has 10 heteroatoms. The highest BCUT2D eigenvalue weighted by molar-refractivity contribution is 7.19. The molecule has 3 heterocycles. The second-order valence-corrected chi connectivity index (χ2v) is 7.89. The van der Waals surface area contributed by atoms with Crippen LogP contribution in [-0.2, 0) is 9.53 Å². The summed E-state index contributed by atoms with van der Waals surface area (Å²) >= 11 is 1.32. The molecule has 1 atom stereocenters. The zero-order valence-corrected chi connectivity index (χ0v) is 17.4. The van der Waals surface area contributed by atoms with E-state index in [1.165, 1.54) is 18.4 Å². The van der Waals surface area contributed by atoms with E-state index >= 15 is 0 Å². The van der Waals surface area contributed by atoms with Gasteiger partial charge in [0.25, 0.3) is 5.91 Å². The van der Waals surface area contributed by atoms with Crippen molar-refractivity contribution in [3.05, 3.63) is 54.2 Å². The summed E-state index contributed by atoms with van der Waals surface area (Å²) in [6.45, 7) is 1.79. The molecule has 0 spiro atoms. The lowest BCUT2D eigenvalue weighted by molar-refractivity contribution is -0.126.